The molecule has 1 amide bonds. The summed E-state index contributed by atoms with van der Waals surface area (Å²) in [6, 6.07) is 0. The molecule has 1 aromatic rings. The van der Waals surface area contributed by atoms with Gasteiger partial charge in [0.25, 0.3) is 0 Å². The van der Waals surface area contributed by atoms with Gasteiger partial charge >= 0.3 is 0 Å². The van der Waals surface area contributed by atoms with Crippen molar-refractivity contribution in [2.45, 2.75) is 33.2 Å². The fourth-order valence-electron chi connectivity index (χ4n) is 1.55. The highest BCUT2D eigenvalue weighted by Crippen LogP contribution is 1.93. The second-order valence-electron chi connectivity index (χ2n) is 4.88. The number of amides is 1. The van der Waals surface area contributed by atoms with Crippen LogP contribution in [0.5, 0.6) is 0 Å². The molecule has 1 aromatic heterocycles. The molecule has 18 heavy (non-hydrogen) atoms. The lowest BCUT2D eigenvalue weighted by Gasteiger charge is -2.08. The van der Waals surface area contributed by atoms with Gasteiger partial charge in [0.05, 0.1) is 12.9 Å². The zero-order valence-electron chi connectivity index (χ0n) is 11.4. The van der Waals surface area contributed by atoms with E-state index in [-0.39, 0.29) is 5.91 Å². The smallest absolute Gasteiger partial charge is 0.233 e. The van der Waals surface area contributed by atoms with Gasteiger partial charge in [0, 0.05) is 25.5 Å². The highest BCUT2D eigenvalue weighted by molar-refractivity contribution is 5.77. The predicted octanol–water partition coefficient (Wildman–Crippen LogP) is 1.03. The Morgan fingerprint density at radius 1 is 1.39 bits per heavy atom. The van der Waals surface area contributed by atoms with Crippen LogP contribution >= 0.6 is 0 Å². The molecule has 0 atom stereocenters. The number of unbranched alkanes of at least 4 members (excludes halogenated alkanes) is 1. The average molecular weight is 252 g/mol. The van der Waals surface area contributed by atoms with Crippen LogP contribution in [0, 0.1) is 5.92 Å². The van der Waals surface area contributed by atoms with Crippen LogP contribution in [0.4, 0.5) is 0 Å². The van der Waals surface area contributed by atoms with E-state index in [1.54, 1.807) is 6.20 Å². The van der Waals surface area contributed by atoms with E-state index in [2.05, 4.69) is 34.0 Å². The first-order valence-corrected chi connectivity index (χ1v) is 6.61. The van der Waals surface area contributed by atoms with Gasteiger partial charge in [0.15, 0.2) is 0 Å². The quantitative estimate of drug-likeness (QED) is 0.645. The molecule has 5 heteroatoms. The second-order valence-corrected chi connectivity index (χ2v) is 4.88. The number of aromatic nitrogens is 2. The molecule has 0 bridgehead atoms. The molecule has 0 radical (unpaired) electrons. The Hall–Kier alpha value is -1.36. The number of nitrogens with one attached hydrogen (secondary N) is 2. The summed E-state index contributed by atoms with van der Waals surface area (Å²) in [6.07, 6.45) is 7.74. The molecular formula is C13H24N4O. The third kappa shape index (κ3) is 7.06. The molecule has 1 rings (SSSR count). The topological polar surface area (TPSA) is 59.0 Å². The fourth-order valence-corrected chi connectivity index (χ4v) is 1.55. The van der Waals surface area contributed by atoms with Crippen LogP contribution in [-0.2, 0) is 11.3 Å². The van der Waals surface area contributed by atoms with E-state index in [0.29, 0.717) is 12.5 Å². The first-order chi connectivity index (χ1) is 8.68. The molecule has 0 aliphatic rings. The maximum absolute atomic E-state index is 11.4. The zero-order valence-corrected chi connectivity index (χ0v) is 11.4. The number of hydrogen-bond acceptors (Lipinski definition) is 3. The largest absolute Gasteiger partial charge is 0.355 e. The number of carbonyl (C=O) groups excluding carboxylic acids is 1. The van der Waals surface area contributed by atoms with Crippen molar-refractivity contribution in [3.63, 3.8) is 0 Å². The Kier molecular flexibility index (Phi) is 7.10. The lowest BCUT2D eigenvalue weighted by molar-refractivity contribution is -0.120. The summed E-state index contributed by atoms with van der Waals surface area (Å²) in [7, 11) is 0. The minimum atomic E-state index is 0.0818. The zero-order chi connectivity index (χ0) is 13.2. The molecule has 102 valence electrons. The Bertz CT molecular complexity index is 322. The summed E-state index contributed by atoms with van der Waals surface area (Å²) in [4.78, 5) is 15.4. The Balaban J connectivity index is 1.90. The lowest BCUT2D eigenvalue weighted by Crippen LogP contribution is -2.36. The Morgan fingerprint density at radius 3 is 2.89 bits per heavy atom. The number of nitrogens with zero attached hydrogens (tertiary/aromatic N) is 2. The van der Waals surface area contributed by atoms with Crippen molar-refractivity contribution < 1.29 is 4.79 Å². The van der Waals surface area contributed by atoms with Gasteiger partial charge in [-0.2, -0.15) is 0 Å². The van der Waals surface area contributed by atoms with Crippen molar-refractivity contribution in [3.05, 3.63) is 18.7 Å². The SMILES string of the molecule is CC(C)CNC(=O)CNCCCCn1ccnc1. The van der Waals surface area contributed by atoms with Gasteiger partial charge in [-0.1, -0.05) is 13.8 Å². The summed E-state index contributed by atoms with van der Waals surface area (Å²) in [5.74, 6) is 0.586. The molecule has 0 fully saturated rings. The Morgan fingerprint density at radius 2 is 2.22 bits per heavy atom. The molecule has 0 aliphatic heterocycles. The van der Waals surface area contributed by atoms with Crippen LogP contribution in [-0.4, -0.2) is 35.1 Å². The third-order valence-electron chi connectivity index (χ3n) is 2.57. The van der Waals surface area contributed by atoms with E-state index in [1.165, 1.54) is 0 Å². The molecule has 0 unspecified atom stereocenters. The van der Waals surface area contributed by atoms with Crippen LogP contribution < -0.4 is 10.6 Å². The van der Waals surface area contributed by atoms with Gasteiger partial charge in [0.2, 0.25) is 5.91 Å². The van der Waals surface area contributed by atoms with Crippen LogP contribution in [0.3, 0.4) is 0 Å². The lowest BCUT2D eigenvalue weighted by atomic mass is 10.2. The van der Waals surface area contributed by atoms with E-state index >= 15 is 0 Å². The van der Waals surface area contributed by atoms with Gasteiger partial charge in [-0.05, 0) is 25.3 Å². The van der Waals surface area contributed by atoms with Crippen molar-refractivity contribution in [2.24, 2.45) is 5.92 Å². The molecule has 0 saturated carbocycles. The Labute approximate surface area is 109 Å². The van der Waals surface area contributed by atoms with Crippen molar-refractivity contribution >= 4 is 5.91 Å². The first kappa shape index (κ1) is 14.7. The van der Waals surface area contributed by atoms with Crippen molar-refractivity contribution in [3.8, 4) is 0 Å². The van der Waals surface area contributed by atoms with Crippen LogP contribution in [0.25, 0.3) is 0 Å². The van der Waals surface area contributed by atoms with Crippen LogP contribution in [0.1, 0.15) is 26.7 Å². The maximum atomic E-state index is 11.4. The number of carbonyl (C=O) groups is 1. The standard InChI is InChI=1S/C13H24N4O/c1-12(2)9-16-13(18)10-14-5-3-4-7-17-8-6-15-11-17/h6,8,11-12,14H,3-5,7,9-10H2,1-2H3,(H,16,18). The molecule has 0 saturated heterocycles. The molecule has 1 heterocycles. The summed E-state index contributed by atoms with van der Waals surface area (Å²) in [5, 5.41) is 6.03. The molecule has 0 aromatic carbocycles. The van der Waals surface area contributed by atoms with Gasteiger partial charge in [-0.25, -0.2) is 4.98 Å². The fraction of sp³-hybridized carbons (Fsp3) is 0.692. The maximum Gasteiger partial charge on any atom is 0.233 e. The average Bonchev–Trinajstić information content (AvgIpc) is 2.84. The highest BCUT2D eigenvalue weighted by Gasteiger charge is 2.00. The van der Waals surface area contributed by atoms with Crippen LogP contribution in [0.2, 0.25) is 0 Å². The van der Waals surface area contributed by atoms with E-state index in [9.17, 15) is 4.79 Å². The number of rotatable bonds is 9. The van der Waals surface area contributed by atoms with Gasteiger partial charge in [0.1, 0.15) is 0 Å². The second kappa shape index (κ2) is 8.69. The van der Waals surface area contributed by atoms with Crippen molar-refractivity contribution in [1.82, 2.24) is 20.2 Å². The van der Waals surface area contributed by atoms with E-state index < -0.39 is 0 Å². The third-order valence-corrected chi connectivity index (χ3v) is 2.57. The van der Waals surface area contributed by atoms with Crippen LogP contribution in [0.15, 0.2) is 18.7 Å². The minimum Gasteiger partial charge on any atom is -0.355 e. The molecule has 2 N–H and O–H groups in total. The monoisotopic (exact) mass is 252 g/mol. The first-order valence-electron chi connectivity index (χ1n) is 6.61. The number of aryl methyl sites for hydroxylation is 1. The molecule has 0 aliphatic carbocycles. The van der Waals surface area contributed by atoms with E-state index in [4.69, 9.17) is 0 Å². The molecule has 5 nitrogen and oxygen atoms in total. The number of imidazole rings is 1. The van der Waals surface area contributed by atoms with Crippen molar-refractivity contribution in [2.75, 3.05) is 19.6 Å². The predicted molar refractivity (Wildman–Crippen MR) is 72.2 cm³/mol. The summed E-state index contributed by atoms with van der Waals surface area (Å²) in [5.41, 5.74) is 0. The molecular weight excluding hydrogens is 228 g/mol. The van der Waals surface area contributed by atoms with Gasteiger partial charge < -0.3 is 15.2 Å². The normalized spacial score (nSPS) is 10.8. The summed E-state index contributed by atoms with van der Waals surface area (Å²) >= 11 is 0. The van der Waals surface area contributed by atoms with Crippen molar-refractivity contribution in [1.29, 1.82) is 0 Å². The van der Waals surface area contributed by atoms with E-state index in [0.717, 1.165) is 32.5 Å². The summed E-state index contributed by atoms with van der Waals surface area (Å²) in [6.45, 7) is 7.21. The minimum absolute atomic E-state index is 0.0818. The van der Waals surface area contributed by atoms with Gasteiger partial charge in [-0.15, -0.1) is 0 Å². The number of hydrogen-bond donors (Lipinski definition) is 2. The van der Waals surface area contributed by atoms with E-state index in [1.807, 2.05) is 12.5 Å². The highest BCUT2D eigenvalue weighted by atomic mass is 16.1. The molecule has 0 spiro atoms. The summed E-state index contributed by atoms with van der Waals surface area (Å²) < 4.78 is 2.06. The van der Waals surface area contributed by atoms with Gasteiger partial charge in [-0.3, -0.25) is 4.79 Å².